The quantitative estimate of drug-likeness (QED) is 0.0376. The van der Waals surface area contributed by atoms with Gasteiger partial charge in [-0.2, -0.15) is 0 Å². The van der Waals surface area contributed by atoms with Crippen molar-refractivity contribution in [3.05, 3.63) is 287 Å². The molecule has 0 amide bonds. The fourth-order valence-electron chi connectivity index (χ4n) is 13.0. The second-order valence-corrected chi connectivity index (χ2v) is 44.8. The number of carbonyl (C=O) groups excluding carboxylic acids is 4. The molecule has 4 aromatic carbocycles. The van der Waals surface area contributed by atoms with Crippen LogP contribution in [0.4, 0.5) is 0 Å². The molecule has 1 unspecified atom stereocenters. The van der Waals surface area contributed by atoms with Crippen molar-refractivity contribution in [2.75, 3.05) is 0 Å². The number of hydrogen-bond donors (Lipinski definition) is 4. The Balaban J connectivity index is 0.000000818. The first-order valence-corrected chi connectivity index (χ1v) is 48.6. The number of aliphatic hydroxyl groups is 4. The largest absolute Gasteiger partial charge is 0.512 e. The Morgan fingerprint density at radius 2 is 0.599 bits per heavy atom. The summed E-state index contributed by atoms with van der Waals surface area (Å²) in [5.41, 5.74) is 21.9. The number of benzene rings is 4. The molecule has 0 fully saturated rings. The molecule has 8 heterocycles. The number of rotatable bonds is 17. The van der Waals surface area contributed by atoms with Crippen LogP contribution < -0.4 is 0 Å². The van der Waals surface area contributed by atoms with Gasteiger partial charge in [0, 0.05) is 184 Å². The number of allylic oxidation sites excluding steroid dienone is 8. The van der Waals surface area contributed by atoms with Crippen LogP contribution in [-0.4, -0.2) is 83.4 Å². The molecule has 12 rings (SSSR count). The Kier molecular flexibility index (Phi) is 52.3. The van der Waals surface area contributed by atoms with E-state index in [1.165, 1.54) is 57.7 Å². The van der Waals surface area contributed by atoms with Crippen molar-refractivity contribution in [3.63, 3.8) is 0 Å². The smallest absolute Gasteiger partial charge is 0.164 e. The molecular weight excluding hydrogens is 2470 g/mol. The zero-order valence-corrected chi connectivity index (χ0v) is 101. The molecule has 0 saturated heterocycles. The maximum Gasteiger partial charge on any atom is 0.164 e. The first kappa shape index (κ1) is 131. The van der Waals surface area contributed by atoms with Crippen LogP contribution in [0.1, 0.15) is 323 Å². The standard InChI is InChI=1S/C21H23N2.C20H21N2.C19H19N2.C18H17N2.4C11H20O2.4Ir/c1-5-21(4,6-2)17-13-15(3)12-16(14-17)18-9-10-19-20(23-18)8-7-11-22-19;1-4-15(5-2)16-11-14(3)12-17(13-16)18-8-9-19-20(22-18)7-6-10-21-19;1-4-14(3)15-10-13(2)11-16(12-15)17-7-8-18-19(21-17)6-5-9-20-18;1-12(2)15-8-13(3)9-16(10-15)17-5-4-14-11-19-7-6-18(14)20-17;4*1-10(2,3)8(12)7-9(13)11(4,5)6;;;;/h7-11,13-14H,5-6H2,1-4H3;6-11,13,15H,4-5H2,1-3H3;5-10,12,14H,4H2,1-3H3;4-8,10-12H,1-3H3;4*7,12H,1-6H3;;;;/q4*-1;;;;;;;;. The van der Waals surface area contributed by atoms with Gasteiger partial charge >= 0.3 is 0 Å². The summed E-state index contributed by atoms with van der Waals surface area (Å²) in [7, 11) is 0. The SMILES string of the molecule is CC(C)(C)C(=O)C=C(O)C(C)(C)C.CC(C)(C)C(=O)C=C(O)C(C)(C)C.CC(C)(C)C(=O)C=C(O)C(C)(C)C.CC(C)(C)C(=O)C=C(O)C(C)(C)C.CCC(C)(CC)c1cc(C)[c-]c(-c2ccc3ncccc3n2)c1.CCC(C)c1cc(C)[c-]c(-c2ccc3ncccc3n2)c1.CCC(CC)c1cc(C)[c-]c(-c2ccc3ncccc3n2)c1.Cc1[c-]c(-c2ccc3cnccc3n2)cc(C(C)C)c1.[Ir].[Ir].[Ir].[Ir]. The molecule has 0 aliphatic carbocycles. The number of aryl methyl sites for hydroxylation is 4. The first-order valence-electron chi connectivity index (χ1n) is 48.6. The summed E-state index contributed by atoms with van der Waals surface area (Å²) < 4.78 is 0. The van der Waals surface area contributed by atoms with Gasteiger partial charge in [0.2, 0.25) is 0 Å². The summed E-state index contributed by atoms with van der Waals surface area (Å²) in [6.45, 7) is 73.1. The molecule has 0 spiro atoms. The summed E-state index contributed by atoms with van der Waals surface area (Å²) >= 11 is 0. The monoisotopic (exact) mass is 2640 g/mol. The van der Waals surface area contributed by atoms with Gasteiger partial charge in [-0.1, -0.05) is 306 Å². The number of hydrogen-bond acceptors (Lipinski definition) is 16. The molecule has 0 bridgehead atoms. The molecule has 776 valence electrons. The zero-order valence-electron chi connectivity index (χ0n) is 91.6. The minimum Gasteiger partial charge on any atom is -0.512 e. The van der Waals surface area contributed by atoms with Gasteiger partial charge in [-0.3, -0.25) is 59.0 Å². The molecule has 8 aromatic heterocycles. The molecule has 0 aliphatic heterocycles. The van der Waals surface area contributed by atoms with E-state index in [2.05, 4.69) is 189 Å². The predicted molar refractivity (Wildman–Crippen MR) is 577 cm³/mol. The third-order valence-electron chi connectivity index (χ3n) is 23.7. The van der Waals surface area contributed by atoms with E-state index < -0.39 is 21.7 Å². The summed E-state index contributed by atoms with van der Waals surface area (Å²) in [5.74, 6) is 2.08. The van der Waals surface area contributed by atoms with Crippen molar-refractivity contribution in [2.24, 2.45) is 43.3 Å². The molecule has 1 atom stereocenters. The second kappa shape index (κ2) is 56.9. The second-order valence-electron chi connectivity index (χ2n) is 44.8. The maximum atomic E-state index is 11.5. The van der Waals surface area contributed by atoms with Crippen LogP contribution in [0.25, 0.3) is 89.0 Å². The van der Waals surface area contributed by atoms with E-state index in [4.69, 9.17) is 19.9 Å². The molecule has 142 heavy (non-hydrogen) atoms. The number of pyridine rings is 8. The van der Waals surface area contributed by atoms with Crippen molar-refractivity contribution < 1.29 is 120 Å². The molecule has 20 heteroatoms. The van der Waals surface area contributed by atoms with Crippen molar-refractivity contribution in [2.45, 2.75) is 311 Å². The van der Waals surface area contributed by atoms with Gasteiger partial charge in [-0.25, -0.2) is 0 Å². The molecule has 16 nitrogen and oxygen atoms in total. The van der Waals surface area contributed by atoms with Gasteiger partial charge in [0.25, 0.3) is 0 Å². The fraction of sp³-hybridized carbons (Fsp3) is 0.443. The Hall–Kier alpha value is -9.44. The van der Waals surface area contributed by atoms with E-state index in [1.54, 1.807) is 24.8 Å². The van der Waals surface area contributed by atoms with E-state index in [9.17, 15) is 39.6 Å². The van der Waals surface area contributed by atoms with Crippen LogP contribution in [-0.2, 0) is 105 Å². The molecule has 4 radical (unpaired) electrons. The third-order valence-corrected chi connectivity index (χ3v) is 23.7. The molecule has 12 aromatic rings. The summed E-state index contributed by atoms with van der Waals surface area (Å²) in [4.78, 5) is 82.0. The van der Waals surface area contributed by atoms with Gasteiger partial charge < -0.3 is 20.4 Å². The Labute approximate surface area is 905 Å². The van der Waals surface area contributed by atoms with Crippen LogP contribution in [0.15, 0.2) is 218 Å². The zero-order chi connectivity index (χ0) is 104. The molecule has 4 N–H and O–H groups in total. The normalized spacial score (nSPS) is 12.4. The van der Waals surface area contributed by atoms with Crippen molar-refractivity contribution in [3.8, 4) is 45.0 Å². The number of nitrogens with zero attached hydrogens (tertiary/aromatic N) is 8. The number of ketones is 4. The minimum absolute atomic E-state index is 0. The Morgan fingerprint density at radius 1 is 0.317 bits per heavy atom. The third kappa shape index (κ3) is 42.0. The van der Waals surface area contributed by atoms with Crippen molar-refractivity contribution >= 4 is 67.1 Å². The first-order chi connectivity index (χ1) is 63.8. The topological polar surface area (TPSA) is 252 Å². The number of carbonyl (C=O) groups is 4. The van der Waals surface area contributed by atoms with Gasteiger partial charge in [0.1, 0.15) is 23.0 Å². The number of fused-ring (bicyclic) bond motifs is 4. The van der Waals surface area contributed by atoms with Crippen molar-refractivity contribution in [1.82, 2.24) is 39.9 Å². The van der Waals surface area contributed by atoms with E-state index >= 15 is 0 Å². The Morgan fingerprint density at radius 3 is 0.894 bits per heavy atom. The number of aromatic nitrogens is 8. The molecule has 0 saturated carbocycles. The van der Waals surface area contributed by atoms with Gasteiger partial charge in [-0.05, 0) is 119 Å². The summed E-state index contributed by atoms with van der Waals surface area (Å²) in [5, 5.41) is 39.3. The van der Waals surface area contributed by atoms with Crippen LogP contribution in [0.5, 0.6) is 0 Å². The average molecular weight is 2640 g/mol. The van der Waals surface area contributed by atoms with Crippen molar-refractivity contribution in [1.29, 1.82) is 0 Å². The van der Waals surface area contributed by atoms with Gasteiger partial charge in [0.05, 0.1) is 38.6 Å². The van der Waals surface area contributed by atoms with Crippen LogP contribution in [0.2, 0.25) is 0 Å². The summed E-state index contributed by atoms with van der Waals surface area (Å²) in [6.07, 6.45) is 20.1. The number of aliphatic hydroxyl groups excluding tert-OH is 4. The van der Waals surface area contributed by atoms with E-state index in [0.717, 1.165) is 132 Å². The Bertz CT molecular complexity index is 6040. The van der Waals surface area contributed by atoms with E-state index in [1.807, 2.05) is 257 Å². The van der Waals surface area contributed by atoms with E-state index in [0.29, 0.717) is 17.8 Å². The average Bonchev–Trinajstić information content (AvgIpc) is 0.712. The van der Waals surface area contributed by atoms with Crippen LogP contribution in [0, 0.1) is 95.3 Å². The fourth-order valence-corrected chi connectivity index (χ4v) is 13.0. The minimum atomic E-state index is -0.417. The predicted octanol–water partition coefficient (Wildman–Crippen LogP) is 32.6. The van der Waals surface area contributed by atoms with Crippen LogP contribution in [0.3, 0.4) is 0 Å². The maximum absolute atomic E-state index is 11.5. The van der Waals surface area contributed by atoms with Crippen LogP contribution >= 0.6 is 0 Å². The van der Waals surface area contributed by atoms with Gasteiger partial charge in [0.15, 0.2) is 23.1 Å². The molecule has 0 aliphatic rings. The van der Waals surface area contributed by atoms with E-state index in [-0.39, 0.29) is 154 Å². The molecular formula is C122H160Ir4N8O8-4. The van der Waals surface area contributed by atoms with Gasteiger partial charge in [-0.15, -0.1) is 140 Å². The summed E-state index contributed by atoms with van der Waals surface area (Å²) in [6, 6.07) is 61.6.